The van der Waals surface area contributed by atoms with Crippen molar-refractivity contribution in [3.05, 3.63) is 47.8 Å². The van der Waals surface area contributed by atoms with Gasteiger partial charge in [0.25, 0.3) is 0 Å². The van der Waals surface area contributed by atoms with Gasteiger partial charge in [-0.25, -0.2) is 14.8 Å². The van der Waals surface area contributed by atoms with E-state index in [1.54, 1.807) is 0 Å². The number of fused-ring (bicyclic) bond motifs is 1. The van der Waals surface area contributed by atoms with E-state index in [9.17, 15) is 4.79 Å². The number of likely N-dealkylation sites (N-methyl/N-ethyl adjacent to an activating group) is 1. The molecule has 1 fully saturated rings. The number of aromatic nitrogens is 2. The molecular formula is C20H25N5O. The highest BCUT2D eigenvalue weighted by Gasteiger charge is 2.28. The van der Waals surface area contributed by atoms with Gasteiger partial charge in [-0.2, -0.15) is 0 Å². The second-order valence-corrected chi connectivity index (χ2v) is 7.07. The first-order valence-corrected chi connectivity index (χ1v) is 9.41. The van der Waals surface area contributed by atoms with Crippen molar-refractivity contribution in [1.82, 2.24) is 25.1 Å². The highest BCUT2D eigenvalue weighted by atomic mass is 16.2. The van der Waals surface area contributed by atoms with E-state index in [0.717, 1.165) is 55.1 Å². The summed E-state index contributed by atoms with van der Waals surface area (Å²) in [6.45, 7) is 6.43. The van der Waals surface area contributed by atoms with Gasteiger partial charge in [0.1, 0.15) is 0 Å². The van der Waals surface area contributed by atoms with Crippen LogP contribution in [0.4, 0.5) is 4.79 Å². The van der Waals surface area contributed by atoms with E-state index < -0.39 is 0 Å². The van der Waals surface area contributed by atoms with Crippen LogP contribution < -0.4 is 5.32 Å². The lowest BCUT2D eigenvalue weighted by atomic mass is 10.1. The van der Waals surface area contributed by atoms with Gasteiger partial charge in [0.05, 0.1) is 18.8 Å². The van der Waals surface area contributed by atoms with E-state index in [1.807, 2.05) is 41.4 Å². The number of likely N-dealkylation sites (tertiary alicyclic amines) is 1. The summed E-state index contributed by atoms with van der Waals surface area (Å²) in [5, 5.41) is 3.20. The minimum absolute atomic E-state index is 0.00668. The van der Waals surface area contributed by atoms with Gasteiger partial charge in [-0.1, -0.05) is 37.3 Å². The highest BCUT2D eigenvalue weighted by Crippen LogP contribution is 2.23. The van der Waals surface area contributed by atoms with E-state index in [0.29, 0.717) is 13.1 Å². The van der Waals surface area contributed by atoms with Crippen LogP contribution in [0.1, 0.15) is 31.0 Å². The Labute approximate surface area is 154 Å². The summed E-state index contributed by atoms with van der Waals surface area (Å²) >= 11 is 0. The molecule has 0 unspecified atom stereocenters. The Balaban J connectivity index is 1.41. The summed E-state index contributed by atoms with van der Waals surface area (Å²) in [6.07, 6.45) is 4.06. The zero-order chi connectivity index (χ0) is 17.9. The van der Waals surface area contributed by atoms with E-state index in [1.165, 1.54) is 0 Å². The second kappa shape index (κ2) is 7.41. The van der Waals surface area contributed by atoms with Crippen molar-refractivity contribution in [3.8, 4) is 11.4 Å². The molecule has 26 heavy (non-hydrogen) atoms. The summed E-state index contributed by atoms with van der Waals surface area (Å²) in [6, 6.07) is 10.2. The first-order valence-electron chi connectivity index (χ1n) is 9.41. The molecule has 4 rings (SSSR count). The minimum Gasteiger partial charge on any atom is -0.334 e. The summed E-state index contributed by atoms with van der Waals surface area (Å²) in [4.78, 5) is 26.1. The molecule has 6 nitrogen and oxygen atoms in total. The Morgan fingerprint density at radius 2 is 2.12 bits per heavy atom. The summed E-state index contributed by atoms with van der Waals surface area (Å²) in [5.41, 5.74) is 2.99. The molecule has 0 aliphatic carbocycles. The molecule has 0 spiro atoms. The topological polar surface area (TPSA) is 61.4 Å². The summed E-state index contributed by atoms with van der Waals surface area (Å²) < 4.78 is 0. The maximum atomic E-state index is 12.7. The fourth-order valence-corrected chi connectivity index (χ4v) is 3.75. The molecule has 1 atom stereocenters. The number of nitrogens with one attached hydrogen (secondary N) is 1. The third-order valence-electron chi connectivity index (χ3n) is 5.26. The Hall–Kier alpha value is -2.47. The smallest absolute Gasteiger partial charge is 0.318 e. The largest absolute Gasteiger partial charge is 0.334 e. The molecule has 0 bridgehead atoms. The number of rotatable bonds is 3. The van der Waals surface area contributed by atoms with Gasteiger partial charge < -0.3 is 15.1 Å². The standard InChI is InChI=1S/C20H25N5O/c1-2-24-10-6-9-17(13-24)22-20(26)25-12-16-11-21-19(23-18(16)14-25)15-7-4-3-5-8-15/h3-5,7-8,11,17H,2,6,9-10,12-14H2,1H3,(H,22,26)/t17-/m0/s1. The molecule has 0 saturated carbocycles. The van der Waals surface area contributed by atoms with E-state index >= 15 is 0 Å². The third kappa shape index (κ3) is 3.55. The molecular weight excluding hydrogens is 326 g/mol. The van der Waals surface area contributed by atoms with Gasteiger partial charge in [0.15, 0.2) is 5.82 Å². The lowest BCUT2D eigenvalue weighted by Gasteiger charge is -2.33. The van der Waals surface area contributed by atoms with Crippen molar-refractivity contribution in [3.63, 3.8) is 0 Å². The monoisotopic (exact) mass is 351 g/mol. The zero-order valence-electron chi connectivity index (χ0n) is 15.2. The number of benzene rings is 1. The predicted molar refractivity (Wildman–Crippen MR) is 100 cm³/mol. The Kier molecular flexibility index (Phi) is 4.84. The van der Waals surface area contributed by atoms with E-state index in [-0.39, 0.29) is 12.1 Å². The number of hydrogen-bond acceptors (Lipinski definition) is 4. The van der Waals surface area contributed by atoms with Crippen molar-refractivity contribution < 1.29 is 4.79 Å². The molecule has 3 heterocycles. The van der Waals surface area contributed by atoms with E-state index in [4.69, 9.17) is 0 Å². The lowest BCUT2D eigenvalue weighted by molar-refractivity contribution is 0.170. The first kappa shape index (κ1) is 17.0. The highest BCUT2D eigenvalue weighted by molar-refractivity contribution is 5.75. The maximum Gasteiger partial charge on any atom is 0.318 e. The van der Waals surface area contributed by atoms with E-state index in [2.05, 4.69) is 27.1 Å². The van der Waals surface area contributed by atoms with Crippen LogP contribution in [0.15, 0.2) is 36.5 Å². The van der Waals surface area contributed by atoms with Gasteiger partial charge in [-0.3, -0.25) is 0 Å². The third-order valence-corrected chi connectivity index (χ3v) is 5.26. The van der Waals surface area contributed by atoms with Crippen LogP contribution >= 0.6 is 0 Å². The maximum absolute atomic E-state index is 12.7. The Morgan fingerprint density at radius 3 is 2.92 bits per heavy atom. The van der Waals surface area contributed by atoms with Crippen molar-refractivity contribution in [2.75, 3.05) is 19.6 Å². The molecule has 136 valence electrons. The van der Waals surface area contributed by atoms with Crippen LogP contribution in [-0.4, -0.2) is 51.5 Å². The fraction of sp³-hybridized carbons (Fsp3) is 0.450. The van der Waals surface area contributed by atoms with Crippen LogP contribution in [0.3, 0.4) is 0 Å². The summed E-state index contributed by atoms with van der Waals surface area (Å²) in [7, 11) is 0. The molecule has 2 aliphatic rings. The Morgan fingerprint density at radius 1 is 1.27 bits per heavy atom. The molecule has 2 aromatic rings. The molecule has 1 aromatic heterocycles. The normalized spacial score (nSPS) is 20.0. The number of nitrogens with zero attached hydrogens (tertiary/aromatic N) is 4. The van der Waals surface area contributed by atoms with Crippen molar-refractivity contribution in [1.29, 1.82) is 0 Å². The SMILES string of the molecule is CCN1CCC[C@H](NC(=O)N2Cc3cnc(-c4ccccc4)nc3C2)C1. The van der Waals surface area contributed by atoms with Crippen LogP contribution in [0.25, 0.3) is 11.4 Å². The van der Waals surface area contributed by atoms with Gasteiger partial charge in [0.2, 0.25) is 0 Å². The summed E-state index contributed by atoms with van der Waals surface area (Å²) in [5.74, 6) is 0.720. The van der Waals surface area contributed by atoms with Crippen LogP contribution in [-0.2, 0) is 13.1 Å². The first-order chi connectivity index (χ1) is 12.7. The van der Waals surface area contributed by atoms with Gasteiger partial charge in [-0.15, -0.1) is 0 Å². The van der Waals surface area contributed by atoms with Crippen molar-refractivity contribution >= 4 is 6.03 Å². The van der Waals surface area contributed by atoms with Crippen molar-refractivity contribution in [2.24, 2.45) is 0 Å². The molecule has 2 amide bonds. The minimum atomic E-state index is 0.00668. The predicted octanol–water partition coefficient (Wildman–Crippen LogP) is 2.65. The second-order valence-electron chi connectivity index (χ2n) is 7.07. The molecule has 1 aromatic carbocycles. The number of carbonyl (C=O) groups is 1. The van der Waals surface area contributed by atoms with Gasteiger partial charge >= 0.3 is 6.03 Å². The number of carbonyl (C=O) groups excluding carboxylic acids is 1. The van der Waals surface area contributed by atoms with Crippen LogP contribution in [0, 0.1) is 0 Å². The van der Waals surface area contributed by atoms with Crippen molar-refractivity contribution in [2.45, 2.75) is 38.9 Å². The number of amides is 2. The Bertz CT molecular complexity index is 779. The number of piperidine rings is 1. The zero-order valence-corrected chi connectivity index (χ0v) is 15.2. The molecule has 1 N–H and O–H groups in total. The number of hydrogen-bond donors (Lipinski definition) is 1. The van der Waals surface area contributed by atoms with Crippen LogP contribution in [0.2, 0.25) is 0 Å². The molecule has 0 radical (unpaired) electrons. The fourth-order valence-electron chi connectivity index (χ4n) is 3.75. The number of urea groups is 1. The van der Waals surface area contributed by atoms with Crippen LogP contribution in [0.5, 0.6) is 0 Å². The molecule has 2 aliphatic heterocycles. The van der Waals surface area contributed by atoms with Gasteiger partial charge in [-0.05, 0) is 25.9 Å². The molecule has 1 saturated heterocycles. The quantitative estimate of drug-likeness (QED) is 0.923. The lowest BCUT2D eigenvalue weighted by Crippen LogP contribution is -2.50. The van der Waals surface area contributed by atoms with Gasteiger partial charge in [0, 0.05) is 29.9 Å². The average molecular weight is 351 g/mol. The average Bonchev–Trinajstić information content (AvgIpc) is 3.12. The molecule has 6 heteroatoms.